The number of aryl methyl sites for hydroxylation is 3. The fourth-order valence-corrected chi connectivity index (χ4v) is 3.47. The second kappa shape index (κ2) is 7.23. The molecule has 5 heteroatoms. The standard InChI is InChI=1S/C20H21N3OS/c1-12-10-14(3)17(11-13(12)2)18(24)15(4)25-20-21-19(22-23-20)16-8-6-5-7-9-16/h5-11,15H,1-4H3,(H,21,22,23)/t15-/m1/s1. The maximum Gasteiger partial charge on any atom is 0.209 e. The third kappa shape index (κ3) is 3.82. The normalized spacial score (nSPS) is 12.2. The number of ketones is 1. The van der Waals surface area contributed by atoms with Crippen molar-refractivity contribution in [3.63, 3.8) is 0 Å². The summed E-state index contributed by atoms with van der Waals surface area (Å²) in [6, 6.07) is 13.9. The summed E-state index contributed by atoms with van der Waals surface area (Å²) in [7, 11) is 0. The summed E-state index contributed by atoms with van der Waals surface area (Å²) in [5.41, 5.74) is 5.11. The van der Waals surface area contributed by atoms with Crippen LogP contribution in [0.5, 0.6) is 0 Å². The average Bonchev–Trinajstić information content (AvgIpc) is 3.07. The molecule has 0 fully saturated rings. The van der Waals surface area contributed by atoms with Gasteiger partial charge in [0, 0.05) is 11.1 Å². The first-order chi connectivity index (χ1) is 12.0. The van der Waals surface area contributed by atoms with Crippen molar-refractivity contribution in [1.29, 1.82) is 0 Å². The van der Waals surface area contributed by atoms with Crippen molar-refractivity contribution in [3.05, 3.63) is 64.7 Å². The summed E-state index contributed by atoms with van der Waals surface area (Å²) < 4.78 is 0. The molecule has 3 aromatic rings. The Kier molecular flexibility index (Phi) is 5.04. The Hall–Kier alpha value is -2.40. The van der Waals surface area contributed by atoms with Gasteiger partial charge in [-0.3, -0.25) is 9.89 Å². The minimum Gasteiger partial charge on any atom is -0.293 e. The molecule has 0 bridgehead atoms. The van der Waals surface area contributed by atoms with E-state index in [1.165, 1.54) is 17.3 Å². The van der Waals surface area contributed by atoms with Crippen LogP contribution in [-0.2, 0) is 0 Å². The van der Waals surface area contributed by atoms with Crippen LogP contribution in [0.15, 0.2) is 47.6 Å². The van der Waals surface area contributed by atoms with E-state index in [9.17, 15) is 4.79 Å². The summed E-state index contributed by atoms with van der Waals surface area (Å²) in [5.74, 6) is 0.821. The van der Waals surface area contributed by atoms with E-state index in [0.717, 1.165) is 22.3 Å². The number of nitrogens with zero attached hydrogens (tertiary/aromatic N) is 2. The predicted octanol–water partition coefficient (Wildman–Crippen LogP) is 4.76. The molecule has 0 aliphatic carbocycles. The minimum absolute atomic E-state index is 0.108. The zero-order chi connectivity index (χ0) is 18.0. The van der Waals surface area contributed by atoms with E-state index in [4.69, 9.17) is 0 Å². The number of H-pyrrole nitrogens is 1. The van der Waals surface area contributed by atoms with Gasteiger partial charge in [-0.25, -0.2) is 4.98 Å². The van der Waals surface area contributed by atoms with E-state index in [-0.39, 0.29) is 11.0 Å². The van der Waals surface area contributed by atoms with Gasteiger partial charge in [-0.05, 0) is 50.5 Å². The third-order valence-corrected chi connectivity index (χ3v) is 5.23. The monoisotopic (exact) mass is 351 g/mol. The zero-order valence-electron chi connectivity index (χ0n) is 14.8. The quantitative estimate of drug-likeness (QED) is 0.532. The smallest absolute Gasteiger partial charge is 0.209 e. The highest BCUT2D eigenvalue weighted by atomic mass is 32.2. The lowest BCUT2D eigenvalue weighted by atomic mass is 9.97. The van der Waals surface area contributed by atoms with Gasteiger partial charge in [-0.1, -0.05) is 48.2 Å². The molecule has 0 saturated carbocycles. The first-order valence-corrected chi connectivity index (χ1v) is 9.10. The van der Waals surface area contributed by atoms with Crippen LogP contribution in [-0.4, -0.2) is 26.2 Å². The van der Waals surface area contributed by atoms with Crippen LogP contribution in [0.1, 0.15) is 34.0 Å². The van der Waals surface area contributed by atoms with E-state index >= 15 is 0 Å². The fraction of sp³-hybridized carbons (Fsp3) is 0.250. The maximum atomic E-state index is 12.8. The molecule has 0 spiro atoms. The van der Waals surface area contributed by atoms with Gasteiger partial charge >= 0.3 is 0 Å². The average molecular weight is 351 g/mol. The lowest BCUT2D eigenvalue weighted by molar-refractivity contribution is 0.0993. The minimum atomic E-state index is -0.250. The molecular formula is C20H21N3OS. The van der Waals surface area contributed by atoms with Crippen molar-refractivity contribution in [2.24, 2.45) is 0 Å². The van der Waals surface area contributed by atoms with Crippen LogP contribution in [0.25, 0.3) is 11.4 Å². The number of carbonyl (C=O) groups is 1. The van der Waals surface area contributed by atoms with Gasteiger partial charge in [0.05, 0.1) is 5.25 Å². The summed E-state index contributed by atoms with van der Waals surface area (Å²) in [6.45, 7) is 7.98. The van der Waals surface area contributed by atoms with Crippen LogP contribution in [0.3, 0.4) is 0 Å². The van der Waals surface area contributed by atoms with Crippen molar-refractivity contribution in [2.45, 2.75) is 38.1 Å². The van der Waals surface area contributed by atoms with Crippen LogP contribution in [0.2, 0.25) is 0 Å². The second-order valence-corrected chi connectivity index (χ2v) is 7.52. The number of Topliss-reactive ketones (excluding diaryl/α,β-unsaturated/α-hetero) is 1. The molecule has 1 N–H and O–H groups in total. The topological polar surface area (TPSA) is 58.6 Å². The van der Waals surface area contributed by atoms with Gasteiger partial charge in [-0.2, -0.15) is 0 Å². The molecule has 25 heavy (non-hydrogen) atoms. The highest BCUT2D eigenvalue weighted by molar-refractivity contribution is 8.00. The fourth-order valence-electron chi connectivity index (χ4n) is 2.68. The van der Waals surface area contributed by atoms with Crippen molar-refractivity contribution < 1.29 is 4.79 Å². The van der Waals surface area contributed by atoms with Gasteiger partial charge in [0.25, 0.3) is 0 Å². The highest BCUT2D eigenvalue weighted by Gasteiger charge is 2.21. The molecule has 3 rings (SSSR count). The van der Waals surface area contributed by atoms with E-state index in [0.29, 0.717) is 11.0 Å². The molecule has 0 unspecified atom stereocenters. The SMILES string of the molecule is Cc1cc(C)c(C(=O)[C@@H](C)Sc2n[nH]c(-c3ccccc3)n2)cc1C. The Labute approximate surface area is 152 Å². The van der Waals surface area contributed by atoms with Crippen LogP contribution < -0.4 is 0 Å². The molecule has 0 amide bonds. The third-order valence-electron chi connectivity index (χ3n) is 4.27. The largest absolute Gasteiger partial charge is 0.293 e. The molecule has 0 aliphatic rings. The summed E-state index contributed by atoms with van der Waals surface area (Å²) >= 11 is 1.38. The highest BCUT2D eigenvalue weighted by Crippen LogP contribution is 2.26. The first-order valence-electron chi connectivity index (χ1n) is 8.22. The van der Waals surface area contributed by atoms with Gasteiger partial charge in [0.15, 0.2) is 11.6 Å². The number of carbonyl (C=O) groups excluding carboxylic acids is 1. The lowest BCUT2D eigenvalue weighted by Crippen LogP contribution is -2.15. The number of rotatable bonds is 5. The number of hydrogen-bond acceptors (Lipinski definition) is 4. The molecule has 4 nitrogen and oxygen atoms in total. The van der Waals surface area contributed by atoms with E-state index in [2.05, 4.69) is 28.2 Å². The molecular weight excluding hydrogens is 330 g/mol. The maximum absolute atomic E-state index is 12.8. The van der Waals surface area contributed by atoms with Gasteiger partial charge in [0.1, 0.15) is 0 Å². The molecule has 128 valence electrons. The Balaban J connectivity index is 1.76. The number of nitrogens with one attached hydrogen (secondary N) is 1. The number of benzene rings is 2. The second-order valence-electron chi connectivity index (χ2n) is 6.21. The molecule has 1 atom stereocenters. The van der Waals surface area contributed by atoms with Crippen LogP contribution >= 0.6 is 11.8 Å². The molecule has 0 radical (unpaired) electrons. The lowest BCUT2D eigenvalue weighted by Gasteiger charge is -2.12. The molecule has 1 aromatic heterocycles. The number of hydrogen-bond donors (Lipinski definition) is 1. The Bertz CT molecular complexity index is 903. The van der Waals surface area contributed by atoms with E-state index in [1.807, 2.05) is 57.2 Å². The van der Waals surface area contributed by atoms with Gasteiger partial charge < -0.3 is 0 Å². The van der Waals surface area contributed by atoms with Gasteiger partial charge in [0.2, 0.25) is 5.16 Å². The molecule has 0 saturated heterocycles. The Morgan fingerprint density at radius 3 is 2.44 bits per heavy atom. The number of thioether (sulfide) groups is 1. The number of aromatic amines is 1. The van der Waals surface area contributed by atoms with Crippen LogP contribution in [0.4, 0.5) is 0 Å². The Morgan fingerprint density at radius 1 is 1.04 bits per heavy atom. The molecule has 2 aromatic carbocycles. The van der Waals surface area contributed by atoms with E-state index in [1.54, 1.807) is 0 Å². The number of aromatic nitrogens is 3. The first kappa shape index (κ1) is 17.4. The summed E-state index contributed by atoms with van der Waals surface area (Å²) in [4.78, 5) is 17.3. The Morgan fingerprint density at radius 2 is 1.72 bits per heavy atom. The molecule has 1 heterocycles. The molecule has 0 aliphatic heterocycles. The van der Waals surface area contributed by atoms with Crippen molar-refractivity contribution in [3.8, 4) is 11.4 Å². The van der Waals surface area contributed by atoms with E-state index < -0.39 is 0 Å². The summed E-state index contributed by atoms with van der Waals surface area (Å²) in [5, 5.41) is 7.51. The van der Waals surface area contributed by atoms with Gasteiger partial charge in [-0.15, -0.1) is 5.10 Å². The van der Waals surface area contributed by atoms with Crippen molar-refractivity contribution in [2.75, 3.05) is 0 Å². The van der Waals surface area contributed by atoms with Crippen molar-refractivity contribution >= 4 is 17.5 Å². The zero-order valence-corrected chi connectivity index (χ0v) is 15.6. The van der Waals surface area contributed by atoms with Crippen molar-refractivity contribution in [1.82, 2.24) is 15.2 Å². The summed E-state index contributed by atoms with van der Waals surface area (Å²) in [6.07, 6.45) is 0. The predicted molar refractivity (Wildman–Crippen MR) is 102 cm³/mol. The van der Waals surface area contributed by atoms with Crippen LogP contribution in [0, 0.1) is 20.8 Å².